The molecule has 0 spiro atoms. The van der Waals surface area contributed by atoms with E-state index < -0.39 is 15.9 Å². The second kappa shape index (κ2) is 9.78. The molecule has 1 amide bonds. The summed E-state index contributed by atoms with van der Waals surface area (Å²) in [6.07, 6.45) is 1.87. The molecule has 3 rings (SSSR count). The molecule has 0 fully saturated rings. The lowest BCUT2D eigenvalue weighted by Crippen LogP contribution is -2.44. The Morgan fingerprint density at radius 1 is 1.12 bits per heavy atom. The number of methoxy groups -OCH3 is 1. The summed E-state index contributed by atoms with van der Waals surface area (Å²) in [4.78, 5) is 14.5. The zero-order valence-electron chi connectivity index (χ0n) is 17.8. The third-order valence-electron chi connectivity index (χ3n) is 4.78. The highest BCUT2D eigenvalue weighted by Gasteiger charge is 2.25. The molecule has 0 radical (unpaired) electrons. The fourth-order valence-electron chi connectivity index (χ4n) is 3.28. The van der Waals surface area contributed by atoms with Crippen molar-refractivity contribution < 1.29 is 23.2 Å². The van der Waals surface area contributed by atoms with Gasteiger partial charge in [-0.05, 0) is 65.9 Å². The van der Waals surface area contributed by atoms with Crippen LogP contribution >= 0.6 is 0 Å². The van der Waals surface area contributed by atoms with Gasteiger partial charge in [-0.1, -0.05) is 53.9 Å². The number of hydrazine groups is 1. The Balaban J connectivity index is 1.91. The van der Waals surface area contributed by atoms with Crippen LogP contribution in [0.4, 0.5) is 0 Å². The molecular formula is C24H24N2O5S. The number of rotatable bonds is 8. The predicted octanol–water partition coefficient (Wildman–Crippen LogP) is 3.96. The largest absolute Gasteiger partial charge is 0.497 e. The van der Waals surface area contributed by atoms with Gasteiger partial charge in [-0.15, -0.1) is 5.17 Å². The molecule has 0 heterocycles. The van der Waals surface area contributed by atoms with Crippen LogP contribution in [0.2, 0.25) is 0 Å². The average molecular weight is 453 g/mol. The first-order chi connectivity index (χ1) is 15.2. The summed E-state index contributed by atoms with van der Waals surface area (Å²) in [7, 11) is -2.80. The van der Waals surface area contributed by atoms with Crippen LogP contribution in [0.15, 0.2) is 78.2 Å². The standard InChI is InChI=1S/C24H24N2O5S/c1-4-18-12-17(2)13-21(14-18)24(27)26(28)25-32(29,30)23-11-10-22(31-3)16-20(23)15-19-8-6-5-7-9-19/h4-14,16,25,28H,1,15H2,2-3H3. The third-order valence-corrected chi connectivity index (χ3v) is 6.17. The third kappa shape index (κ3) is 5.42. The quantitative estimate of drug-likeness (QED) is 0.398. The number of amides is 1. The Morgan fingerprint density at radius 3 is 2.50 bits per heavy atom. The van der Waals surface area contributed by atoms with Crippen molar-refractivity contribution in [2.24, 2.45) is 0 Å². The summed E-state index contributed by atoms with van der Waals surface area (Å²) in [6, 6.07) is 18.7. The second-order valence-corrected chi connectivity index (χ2v) is 8.81. The number of carbonyl (C=O) groups excluding carboxylic acids is 1. The molecule has 3 aromatic carbocycles. The Labute approximate surface area is 187 Å². The molecule has 0 unspecified atom stereocenters. The number of hydrogen-bond donors (Lipinski definition) is 2. The zero-order valence-corrected chi connectivity index (χ0v) is 18.6. The van der Waals surface area contributed by atoms with Gasteiger partial charge < -0.3 is 4.74 Å². The highest BCUT2D eigenvalue weighted by molar-refractivity contribution is 7.89. The van der Waals surface area contributed by atoms with Crippen LogP contribution in [-0.2, 0) is 16.4 Å². The maximum atomic E-state index is 13.1. The maximum absolute atomic E-state index is 13.1. The summed E-state index contributed by atoms with van der Waals surface area (Å²) in [5.74, 6) is -0.429. The van der Waals surface area contributed by atoms with E-state index in [0.717, 1.165) is 11.1 Å². The van der Waals surface area contributed by atoms with E-state index in [2.05, 4.69) is 6.58 Å². The van der Waals surface area contributed by atoms with Gasteiger partial charge in [0.2, 0.25) is 0 Å². The number of aryl methyl sites for hydroxylation is 1. The molecule has 0 atom stereocenters. The lowest BCUT2D eigenvalue weighted by Gasteiger charge is -2.18. The minimum absolute atomic E-state index is 0.0203. The molecule has 3 aromatic rings. The predicted molar refractivity (Wildman–Crippen MR) is 122 cm³/mol. The van der Waals surface area contributed by atoms with Gasteiger partial charge in [-0.3, -0.25) is 10.0 Å². The van der Waals surface area contributed by atoms with Crippen LogP contribution < -0.4 is 9.57 Å². The minimum atomic E-state index is -4.28. The normalized spacial score (nSPS) is 11.1. The fraction of sp³-hybridized carbons (Fsp3) is 0.125. The molecular weight excluding hydrogens is 428 g/mol. The fourth-order valence-corrected chi connectivity index (χ4v) is 4.41. The van der Waals surface area contributed by atoms with Crippen LogP contribution in [0.3, 0.4) is 0 Å². The van der Waals surface area contributed by atoms with E-state index in [-0.39, 0.29) is 15.6 Å². The van der Waals surface area contributed by atoms with E-state index in [9.17, 15) is 18.4 Å². The topological polar surface area (TPSA) is 95.9 Å². The Hall–Kier alpha value is -3.46. The first-order valence-corrected chi connectivity index (χ1v) is 11.2. The maximum Gasteiger partial charge on any atom is 0.293 e. The average Bonchev–Trinajstić information content (AvgIpc) is 2.78. The van der Waals surface area contributed by atoms with Crippen LogP contribution in [0, 0.1) is 6.92 Å². The van der Waals surface area contributed by atoms with Crippen molar-refractivity contribution in [3.05, 3.63) is 101 Å². The molecule has 0 bridgehead atoms. The lowest BCUT2D eigenvalue weighted by molar-refractivity contribution is -0.0761. The van der Waals surface area contributed by atoms with Gasteiger partial charge >= 0.3 is 0 Å². The van der Waals surface area contributed by atoms with E-state index >= 15 is 0 Å². The Kier molecular flexibility index (Phi) is 7.09. The molecule has 2 N–H and O–H groups in total. The smallest absolute Gasteiger partial charge is 0.293 e. The van der Waals surface area contributed by atoms with Crippen molar-refractivity contribution in [2.75, 3.05) is 7.11 Å². The summed E-state index contributed by atoms with van der Waals surface area (Å²) in [5, 5.41) is 10.2. The van der Waals surface area contributed by atoms with Crippen molar-refractivity contribution >= 4 is 22.0 Å². The van der Waals surface area contributed by atoms with Crippen LogP contribution in [0.5, 0.6) is 5.75 Å². The van der Waals surface area contributed by atoms with Crippen molar-refractivity contribution in [1.82, 2.24) is 10.0 Å². The lowest BCUT2D eigenvalue weighted by atomic mass is 10.0. The SMILES string of the molecule is C=Cc1cc(C)cc(C(=O)N(O)NS(=O)(=O)c2ccc(OC)cc2Cc2ccccc2)c1. The number of benzene rings is 3. The number of hydroxylamine groups is 1. The number of hydrogen-bond acceptors (Lipinski definition) is 5. The minimum Gasteiger partial charge on any atom is -0.497 e. The number of sulfonamides is 1. The number of nitrogens with one attached hydrogen (secondary N) is 1. The first-order valence-electron chi connectivity index (χ1n) is 9.74. The summed E-state index contributed by atoms with van der Waals surface area (Å²) in [6.45, 7) is 5.45. The van der Waals surface area contributed by atoms with E-state index in [1.54, 1.807) is 25.1 Å². The Morgan fingerprint density at radius 2 is 1.84 bits per heavy atom. The second-order valence-electron chi connectivity index (χ2n) is 7.18. The van der Waals surface area contributed by atoms with Crippen LogP contribution in [-0.4, -0.2) is 31.8 Å². The van der Waals surface area contributed by atoms with Gasteiger partial charge in [0.25, 0.3) is 15.9 Å². The molecule has 166 valence electrons. The molecule has 32 heavy (non-hydrogen) atoms. The van der Waals surface area contributed by atoms with E-state index in [1.165, 1.54) is 25.3 Å². The molecule has 7 nitrogen and oxygen atoms in total. The summed E-state index contributed by atoms with van der Waals surface area (Å²) >= 11 is 0. The highest BCUT2D eigenvalue weighted by atomic mass is 32.2. The van der Waals surface area contributed by atoms with Gasteiger partial charge in [0.05, 0.1) is 12.0 Å². The van der Waals surface area contributed by atoms with Gasteiger partial charge in [0, 0.05) is 5.56 Å². The van der Waals surface area contributed by atoms with Crippen molar-refractivity contribution in [2.45, 2.75) is 18.2 Å². The molecule has 0 aliphatic heterocycles. The monoisotopic (exact) mass is 452 g/mol. The Bertz CT molecular complexity index is 1240. The molecule has 0 aliphatic rings. The van der Waals surface area contributed by atoms with Crippen molar-refractivity contribution in [1.29, 1.82) is 0 Å². The highest BCUT2D eigenvalue weighted by Crippen LogP contribution is 2.25. The van der Waals surface area contributed by atoms with E-state index in [1.807, 2.05) is 41.2 Å². The molecule has 8 heteroatoms. The van der Waals surface area contributed by atoms with Crippen molar-refractivity contribution in [3.8, 4) is 5.75 Å². The molecule has 0 saturated carbocycles. The number of nitrogens with zero attached hydrogens (tertiary/aromatic N) is 1. The molecule has 0 saturated heterocycles. The summed E-state index contributed by atoms with van der Waals surface area (Å²) < 4.78 is 31.3. The van der Waals surface area contributed by atoms with Gasteiger partial charge in [-0.2, -0.15) is 0 Å². The van der Waals surface area contributed by atoms with Gasteiger partial charge in [0.1, 0.15) is 5.75 Å². The van der Waals surface area contributed by atoms with Crippen LogP contribution in [0.25, 0.3) is 6.08 Å². The van der Waals surface area contributed by atoms with E-state index in [4.69, 9.17) is 4.74 Å². The summed E-state index contributed by atoms with van der Waals surface area (Å²) in [5.41, 5.74) is 2.90. The van der Waals surface area contributed by atoms with Gasteiger partial charge in [-0.25, -0.2) is 8.42 Å². The first kappa shape index (κ1) is 23.2. The zero-order chi connectivity index (χ0) is 23.3. The number of carbonyl (C=O) groups is 1. The van der Waals surface area contributed by atoms with Gasteiger partial charge in [0.15, 0.2) is 0 Å². The molecule has 0 aliphatic carbocycles. The van der Waals surface area contributed by atoms with Crippen molar-refractivity contribution in [3.63, 3.8) is 0 Å². The van der Waals surface area contributed by atoms with Crippen LogP contribution in [0.1, 0.15) is 32.6 Å². The van der Waals surface area contributed by atoms with E-state index in [0.29, 0.717) is 23.3 Å². The molecule has 0 aromatic heterocycles. The number of ether oxygens (including phenoxy) is 1.